The van der Waals surface area contributed by atoms with Crippen LogP contribution >= 0.6 is 0 Å². The Labute approximate surface area is 74.4 Å². The van der Waals surface area contributed by atoms with Crippen LogP contribution in [0.5, 0.6) is 0 Å². The van der Waals surface area contributed by atoms with Gasteiger partial charge >= 0.3 is 0 Å². The average molecular weight is 173 g/mol. The van der Waals surface area contributed by atoms with Crippen molar-refractivity contribution in [2.45, 2.75) is 31.8 Å². The molecule has 1 fully saturated rings. The topological polar surface area (TPSA) is 30.5 Å². The first-order valence-electron chi connectivity index (χ1n) is 4.53. The second-order valence-corrected chi connectivity index (χ2v) is 3.81. The van der Waals surface area contributed by atoms with Crippen molar-refractivity contribution in [1.82, 2.24) is 5.32 Å². The highest BCUT2D eigenvalue weighted by Crippen LogP contribution is 2.19. The van der Waals surface area contributed by atoms with Gasteiger partial charge in [0.25, 0.3) is 0 Å². The third kappa shape index (κ3) is 2.44. The molecule has 1 aliphatic rings. The molecule has 1 atom stereocenters. The van der Waals surface area contributed by atoms with Crippen LogP contribution in [0.3, 0.4) is 0 Å². The monoisotopic (exact) mass is 173 g/mol. The van der Waals surface area contributed by atoms with E-state index < -0.39 is 0 Å². The van der Waals surface area contributed by atoms with Gasteiger partial charge in [0, 0.05) is 19.8 Å². The number of hydrogen-bond donors (Lipinski definition) is 1. The van der Waals surface area contributed by atoms with Gasteiger partial charge in [0.1, 0.15) is 0 Å². The van der Waals surface area contributed by atoms with Crippen LogP contribution in [0.25, 0.3) is 0 Å². The molecule has 0 aromatic rings. The van der Waals surface area contributed by atoms with Gasteiger partial charge in [0.2, 0.25) is 0 Å². The predicted molar refractivity (Wildman–Crippen MR) is 48.3 cm³/mol. The fourth-order valence-electron chi connectivity index (χ4n) is 1.77. The highest BCUT2D eigenvalue weighted by atomic mass is 16.5. The molecule has 0 radical (unpaired) electrons. The van der Waals surface area contributed by atoms with E-state index in [9.17, 15) is 0 Å². The lowest BCUT2D eigenvalue weighted by atomic mass is 9.99. The van der Waals surface area contributed by atoms with Gasteiger partial charge in [0.15, 0.2) is 0 Å². The van der Waals surface area contributed by atoms with Crippen molar-refractivity contribution in [3.05, 3.63) is 0 Å². The van der Waals surface area contributed by atoms with Gasteiger partial charge in [-0.25, -0.2) is 0 Å². The zero-order chi connectivity index (χ0) is 9.03. The summed E-state index contributed by atoms with van der Waals surface area (Å²) < 4.78 is 10.6. The standard InChI is InChI=1S/C9H19NO2/c1-8(2)10-9(6-11-3)4-5-12-7-9/h8,10H,4-7H2,1-3H3. The molecule has 0 bridgehead atoms. The van der Waals surface area contributed by atoms with E-state index in [2.05, 4.69) is 19.2 Å². The van der Waals surface area contributed by atoms with E-state index in [-0.39, 0.29) is 5.54 Å². The lowest BCUT2D eigenvalue weighted by molar-refractivity contribution is 0.0850. The Kier molecular flexibility index (Phi) is 3.50. The maximum atomic E-state index is 5.37. The van der Waals surface area contributed by atoms with Crippen LogP contribution in [-0.4, -0.2) is 38.5 Å². The van der Waals surface area contributed by atoms with E-state index in [0.717, 1.165) is 26.2 Å². The Morgan fingerprint density at radius 3 is 2.75 bits per heavy atom. The Morgan fingerprint density at radius 2 is 2.33 bits per heavy atom. The third-order valence-corrected chi connectivity index (χ3v) is 2.12. The summed E-state index contributed by atoms with van der Waals surface area (Å²) >= 11 is 0. The molecule has 0 aromatic carbocycles. The summed E-state index contributed by atoms with van der Waals surface area (Å²) in [4.78, 5) is 0. The first kappa shape index (κ1) is 9.96. The van der Waals surface area contributed by atoms with E-state index in [1.165, 1.54) is 0 Å². The molecule has 12 heavy (non-hydrogen) atoms. The molecule has 0 saturated carbocycles. The second-order valence-electron chi connectivity index (χ2n) is 3.81. The largest absolute Gasteiger partial charge is 0.383 e. The predicted octanol–water partition coefficient (Wildman–Crippen LogP) is 0.790. The average Bonchev–Trinajstić information content (AvgIpc) is 2.36. The highest BCUT2D eigenvalue weighted by molar-refractivity contribution is 4.92. The lowest BCUT2D eigenvalue weighted by Crippen LogP contribution is -2.52. The Balaban J connectivity index is 2.46. The number of hydrogen-bond acceptors (Lipinski definition) is 3. The zero-order valence-electron chi connectivity index (χ0n) is 8.22. The molecular weight excluding hydrogens is 154 g/mol. The summed E-state index contributed by atoms with van der Waals surface area (Å²) in [6.07, 6.45) is 1.05. The summed E-state index contributed by atoms with van der Waals surface area (Å²) in [6.45, 7) is 6.67. The number of ether oxygens (including phenoxy) is 2. The molecule has 1 rings (SSSR count). The number of rotatable bonds is 4. The lowest BCUT2D eigenvalue weighted by Gasteiger charge is -2.30. The van der Waals surface area contributed by atoms with Gasteiger partial charge < -0.3 is 14.8 Å². The Morgan fingerprint density at radius 1 is 1.58 bits per heavy atom. The molecule has 0 amide bonds. The van der Waals surface area contributed by atoms with Crippen LogP contribution in [0.2, 0.25) is 0 Å². The van der Waals surface area contributed by atoms with E-state index >= 15 is 0 Å². The molecule has 1 N–H and O–H groups in total. The first-order chi connectivity index (χ1) is 5.68. The van der Waals surface area contributed by atoms with Gasteiger partial charge in [-0.2, -0.15) is 0 Å². The Hall–Kier alpha value is -0.120. The maximum absolute atomic E-state index is 5.37. The van der Waals surface area contributed by atoms with Gasteiger partial charge in [-0.05, 0) is 6.42 Å². The molecule has 1 unspecified atom stereocenters. The van der Waals surface area contributed by atoms with E-state index in [4.69, 9.17) is 9.47 Å². The minimum Gasteiger partial charge on any atom is -0.383 e. The summed E-state index contributed by atoms with van der Waals surface area (Å²) in [5, 5.41) is 3.51. The van der Waals surface area contributed by atoms with Crippen molar-refractivity contribution in [1.29, 1.82) is 0 Å². The van der Waals surface area contributed by atoms with Crippen LogP contribution in [-0.2, 0) is 9.47 Å². The molecule has 72 valence electrons. The van der Waals surface area contributed by atoms with Crippen LogP contribution < -0.4 is 5.32 Å². The first-order valence-corrected chi connectivity index (χ1v) is 4.53. The summed E-state index contributed by atoms with van der Waals surface area (Å²) in [5.41, 5.74) is 0.0723. The fraction of sp³-hybridized carbons (Fsp3) is 1.00. The highest BCUT2D eigenvalue weighted by Gasteiger charge is 2.34. The van der Waals surface area contributed by atoms with Crippen LogP contribution in [0.4, 0.5) is 0 Å². The molecule has 1 saturated heterocycles. The summed E-state index contributed by atoms with van der Waals surface area (Å²) in [6, 6.07) is 0.488. The minimum absolute atomic E-state index is 0.0723. The maximum Gasteiger partial charge on any atom is 0.0677 e. The molecule has 0 aromatic heterocycles. The van der Waals surface area contributed by atoms with Crippen LogP contribution in [0.15, 0.2) is 0 Å². The molecule has 3 nitrogen and oxygen atoms in total. The van der Waals surface area contributed by atoms with Crippen LogP contribution in [0, 0.1) is 0 Å². The fourth-order valence-corrected chi connectivity index (χ4v) is 1.77. The Bertz CT molecular complexity index is 130. The molecule has 1 heterocycles. The van der Waals surface area contributed by atoms with Crippen molar-refractivity contribution in [2.24, 2.45) is 0 Å². The molecule has 3 heteroatoms. The second kappa shape index (κ2) is 4.21. The number of nitrogens with one attached hydrogen (secondary N) is 1. The van der Waals surface area contributed by atoms with Gasteiger partial charge in [0.05, 0.1) is 18.8 Å². The van der Waals surface area contributed by atoms with E-state index in [1.807, 2.05) is 0 Å². The van der Waals surface area contributed by atoms with Gasteiger partial charge in [-0.1, -0.05) is 13.8 Å². The summed E-state index contributed by atoms with van der Waals surface area (Å²) in [5.74, 6) is 0. The van der Waals surface area contributed by atoms with E-state index in [1.54, 1.807) is 7.11 Å². The smallest absolute Gasteiger partial charge is 0.0677 e. The molecule has 0 aliphatic carbocycles. The normalized spacial score (nSPS) is 30.0. The SMILES string of the molecule is COCC1(NC(C)C)CCOC1. The van der Waals surface area contributed by atoms with Gasteiger partial charge in [-0.15, -0.1) is 0 Å². The molecule has 1 aliphatic heterocycles. The third-order valence-electron chi connectivity index (χ3n) is 2.12. The van der Waals surface area contributed by atoms with Gasteiger partial charge in [-0.3, -0.25) is 0 Å². The van der Waals surface area contributed by atoms with Crippen molar-refractivity contribution in [3.63, 3.8) is 0 Å². The van der Waals surface area contributed by atoms with Crippen molar-refractivity contribution >= 4 is 0 Å². The van der Waals surface area contributed by atoms with Crippen molar-refractivity contribution < 1.29 is 9.47 Å². The molecule has 0 spiro atoms. The molecular formula is C9H19NO2. The number of methoxy groups -OCH3 is 1. The zero-order valence-corrected chi connectivity index (χ0v) is 8.22. The van der Waals surface area contributed by atoms with Crippen LogP contribution in [0.1, 0.15) is 20.3 Å². The van der Waals surface area contributed by atoms with Crippen molar-refractivity contribution in [2.75, 3.05) is 26.9 Å². The quantitative estimate of drug-likeness (QED) is 0.682. The van der Waals surface area contributed by atoms with Crippen molar-refractivity contribution in [3.8, 4) is 0 Å². The minimum atomic E-state index is 0.0723. The van der Waals surface area contributed by atoms with E-state index in [0.29, 0.717) is 6.04 Å². The summed E-state index contributed by atoms with van der Waals surface area (Å²) in [7, 11) is 1.74.